The van der Waals surface area contributed by atoms with E-state index in [4.69, 9.17) is 5.11 Å². The highest BCUT2D eigenvalue weighted by Gasteiger charge is 2.17. The summed E-state index contributed by atoms with van der Waals surface area (Å²) in [6.45, 7) is 0. The zero-order valence-electron chi connectivity index (χ0n) is 7.33. The molecule has 0 amide bonds. The molecule has 0 saturated heterocycles. The molecule has 0 aromatic rings. The van der Waals surface area contributed by atoms with Crippen LogP contribution in [0.5, 0.6) is 0 Å². The van der Waals surface area contributed by atoms with Gasteiger partial charge in [0.25, 0.3) is 0 Å². The van der Waals surface area contributed by atoms with E-state index in [0.717, 1.165) is 44.8 Å². The highest BCUT2D eigenvalue weighted by Crippen LogP contribution is 2.25. The molecule has 1 aliphatic carbocycles. The first-order valence-electron chi connectivity index (χ1n) is 4.64. The van der Waals surface area contributed by atoms with Crippen LogP contribution >= 0.6 is 0 Å². The molecule has 0 bridgehead atoms. The van der Waals surface area contributed by atoms with Crippen molar-refractivity contribution in [2.45, 2.75) is 38.5 Å². The molecule has 68 valence electrons. The summed E-state index contributed by atoms with van der Waals surface area (Å²) >= 11 is 0. The summed E-state index contributed by atoms with van der Waals surface area (Å²) in [6, 6.07) is 0. The smallest absolute Gasteiger partial charge is 0.132 e. The number of Topliss-reactive ketones (excluding diaryl/α,β-unsaturated/α-hetero) is 1. The molecule has 0 unspecified atom stereocenters. The lowest BCUT2D eigenvalue weighted by Crippen LogP contribution is -2.13. The predicted molar refractivity (Wildman–Crippen MR) is 48.0 cm³/mol. The van der Waals surface area contributed by atoms with Crippen molar-refractivity contribution in [3.05, 3.63) is 12.3 Å². The minimum atomic E-state index is 0.420. The summed E-state index contributed by atoms with van der Waals surface area (Å²) in [5.41, 5.74) is 0. The van der Waals surface area contributed by atoms with Gasteiger partial charge in [-0.2, -0.15) is 0 Å². The van der Waals surface area contributed by atoms with E-state index in [-0.39, 0.29) is 0 Å². The van der Waals surface area contributed by atoms with Crippen molar-refractivity contribution in [3.8, 4) is 0 Å². The Bertz CT molecular complexity index is 163. The van der Waals surface area contributed by atoms with Crippen molar-refractivity contribution >= 4 is 5.78 Å². The van der Waals surface area contributed by atoms with Crippen LogP contribution in [0.2, 0.25) is 0 Å². The van der Waals surface area contributed by atoms with Crippen LogP contribution in [0.1, 0.15) is 38.5 Å². The number of rotatable bonds is 3. The van der Waals surface area contributed by atoms with Crippen LogP contribution in [0.3, 0.4) is 0 Å². The SMILES string of the molecule is O=C1CCC(CCC=CO)CC1. The molecule has 12 heavy (non-hydrogen) atoms. The molecule has 1 aliphatic rings. The Morgan fingerprint density at radius 1 is 1.42 bits per heavy atom. The first-order valence-corrected chi connectivity index (χ1v) is 4.64. The maximum Gasteiger partial charge on any atom is 0.132 e. The number of hydrogen-bond acceptors (Lipinski definition) is 2. The average molecular weight is 168 g/mol. The Labute approximate surface area is 73.3 Å². The van der Waals surface area contributed by atoms with Gasteiger partial charge in [0.1, 0.15) is 5.78 Å². The molecular weight excluding hydrogens is 152 g/mol. The van der Waals surface area contributed by atoms with E-state index in [2.05, 4.69) is 0 Å². The van der Waals surface area contributed by atoms with Gasteiger partial charge in [-0.05, 0) is 31.6 Å². The van der Waals surface area contributed by atoms with Crippen molar-refractivity contribution < 1.29 is 9.90 Å². The van der Waals surface area contributed by atoms with Crippen LogP contribution in [0.25, 0.3) is 0 Å². The van der Waals surface area contributed by atoms with Gasteiger partial charge in [0, 0.05) is 12.8 Å². The first kappa shape index (κ1) is 9.30. The highest BCUT2D eigenvalue weighted by molar-refractivity contribution is 5.78. The fourth-order valence-electron chi connectivity index (χ4n) is 1.69. The molecule has 1 rings (SSSR count). The standard InChI is InChI=1S/C10H16O2/c11-8-2-1-3-9-4-6-10(12)7-5-9/h2,8-9,11H,1,3-7H2. The molecule has 0 radical (unpaired) electrons. The largest absolute Gasteiger partial charge is 0.516 e. The molecule has 0 atom stereocenters. The number of carbonyl (C=O) groups is 1. The second-order valence-electron chi connectivity index (χ2n) is 3.44. The predicted octanol–water partition coefficient (Wildman–Crippen LogP) is 2.60. The van der Waals surface area contributed by atoms with E-state index >= 15 is 0 Å². The van der Waals surface area contributed by atoms with Crippen LogP contribution in [0.15, 0.2) is 12.3 Å². The zero-order valence-corrected chi connectivity index (χ0v) is 7.33. The average Bonchev–Trinajstić information content (AvgIpc) is 2.09. The van der Waals surface area contributed by atoms with Gasteiger partial charge in [0.05, 0.1) is 6.26 Å². The van der Waals surface area contributed by atoms with Gasteiger partial charge in [-0.1, -0.05) is 6.08 Å². The summed E-state index contributed by atoms with van der Waals surface area (Å²) in [5, 5.41) is 8.40. The molecule has 0 aromatic heterocycles. The third-order valence-electron chi connectivity index (χ3n) is 2.51. The molecule has 1 N–H and O–H groups in total. The lowest BCUT2D eigenvalue weighted by atomic mass is 9.85. The van der Waals surface area contributed by atoms with E-state index in [1.54, 1.807) is 6.08 Å². The topological polar surface area (TPSA) is 37.3 Å². The maximum atomic E-state index is 10.9. The number of allylic oxidation sites excluding steroid dienone is 1. The van der Waals surface area contributed by atoms with Crippen molar-refractivity contribution in [1.29, 1.82) is 0 Å². The summed E-state index contributed by atoms with van der Waals surface area (Å²) in [4.78, 5) is 10.9. The van der Waals surface area contributed by atoms with Crippen molar-refractivity contribution in [1.82, 2.24) is 0 Å². The molecule has 1 fully saturated rings. The molecule has 2 nitrogen and oxygen atoms in total. The van der Waals surface area contributed by atoms with E-state index in [1.807, 2.05) is 0 Å². The summed E-state index contributed by atoms with van der Waals surface area (Å²) < 4.78 is 0. The molecular formula is C10H16O2. The number of hydrogen-bond donors (Lipinski definition) is 1. The Kier molecular flexibility index (Phi) is 3.85. The molecule has 0 aliphatic heterocycles. The van der Waals surface area contributed by atoms with Gasteiger partial charge in [-0.25, -0.2) is 0 Å². The molecule has 0 heterocycles. The highest BCUT2D eigenvalue weighted by atomic mass is 16.2. The Balaban J connectivity index is 2.13. The van der Waals surface area contributed by atoms with E-state index in [1.165, 1.54) is 0 Å². The Hall–Kier alpha value is -0.790. The maximum absolute atomic E-state index is 10.9. The minimum absolute atomic E-state index is 0.420. The monoisotopic (exact) mass is 168 g/mol. The van der Waals surface area contributed by atoms with E-state index < -0.39 is 0 Å². The lowest BCUT2D eigenvalue weighted by Gasteiger charge is -2.19. The Morgan fingerprint density at radius 3 is 2.67 bits per heavy atom. The third kappa shape index (κ3) is 3.07. The van der Waals surface area contributed by atoms with Gasteiger partial charge in [0.2, 0.25) is 0 Å². The van der Waals surface area contributed by atoms with E-state index in [0.29, 0.717) is 11.7 Å². The van der Waals surface area contributed by atoms with Crippen molar-refractivity contribution in [3.63, 3.8) is 0 Å². The lowest BCUT2D eigenvalue weighted by molar-refractivity contribution is -0.121. The van der Waals surface area contributed by atoms with Crippen LogP contribution in [-0.2, 0) is 4.79 Å². The van der Waals surface area contributed by atoms with Gasteiger partial charge < -0.3 is 5.11 Å². The van der Waals surface area contributed by atoms with E-state index in [9.17, 15) is 4.79 Å². The van der Waals surface area contributed by atoms with Gasteiger partial charge >= 0.3 is 0 Å². The molecule has 1 saturated carbocycles. The minimum Gasteiger partial charge on any atom is -0.516 e. The fraction of sp³-hybridized carbons (Fsp3) is 0.700. The first-order chi connectivity index (χ1) is 5.83. The number of carbonyl (C=O) groups excluding carboxylic acids is 1. The van der Waals surface area contributed by atoms with Crippen LogP contribution < -0.4 is 0 Å². The fourth-order valence-corrected chi connectivity index (χ4v) is 1.69. The second-order valence-corrected chi connectivity index (χ2v) is 3.44. The summed E-state index contributed by atoms with van der Waals surface area (Å²) in [5.74, 6) is 1.13. The summed E-state index contributed by atoms with van der Waals surface area (Å²) in [7, 11) is 0. The van der Waals surface area contributed by atoms with Gasteiger partial charge in [-0.3, -0.25) is 4.79 Å². The van der Waals surface area contributed by atoms with Crippen LogP contribution in [0, 0.1) is 5.92 Å². The summed E-state index contributed by atoms with van der Waals surface area (Å²) in [6.07, 6.45) is 8.58. The quantitative estimate of drug-likeness (QED) is 0.658. The molecule has 0 spiro atoms. The number of aliphatic hydroxyl groups is 1. The number of aliphatic hydroxyl groups excluding tert-OH is 1. The number of ketones is 1. The van der Waals surface area contributed by atoms with Crippen LogP contribution in [0.4, 0.5) is 0 Å². The van der Waals surface area contributed by atoms with Gasteiger partial charge in [0.15, 0.2) is 0 Å². The third-order valence-corrected chi connectivity index (χ3v) is 2.51. The van der Waals surface area contributed by atoms with Crippen LogP contribution in [-0.4, -0.2) is 10.9 Å². The van der Waals surface area contributed by atoms with Crippen molar-refractivity contribution in [2.24, 2.45) is 5.92 Å². The molecule has 0 aromatic carbocycles. The molecule has 2 heteroatoms. The van der Waals surface area contributed by atoms with Crippen molar-refractivity contribution in [2.75, 3.05) is 0 Å². The van der Waals surface area contributed by atoms with Gasteiger partial charge in [-0.15, -0.1) is 0 Å². The zero-order chi connectivity index (χ0) is 8.81. The normalized spacial score (nSPS) is 20.5. The Morgan fingerprint density at radius 2 is 2.08 bits per heavy atom. The second kappa shape index (κ2) is 4.96.